The molecule has 3 rings (SSSR count). The molecule has 0 spiro atoms. The molecule has 4 unspecified atom stereocenters. The summed E-state index contributed by atoms with van der Waals surface area (Å²) in [6.07, 6.45) is -3.31. The Labute approximate surface area is 139 Å². The summed E-state index contributed by atoms with van der Waals surface area (Å²) in [6, 6.07) is 9.57. The number of ether oxygens (including phenoxy) is 5. The van der Waals surface area contributed by atoms with Gasteiger partial charge < -0.3 is 23.7 Å². The number of benzene rings is 1. The standard InChI is InChI=1S/C17H20O7/c1-10(18)22-14-13-9-21-17(24-13)16(23-11(2)19)15(14)20-8-12-6-4-3-5-7-12/h3-7,13-17H,8-9H2,1-2H3/t13?,14?,15?,16?,17-/m0/s1. The first-order valence-electron chi connectivity index (χ1n) is 7.81. The van der Waals surface area contributed by atoms with Crippen molar-refractivity contribution < 1.29 is 33.3 Å². The zero-order valence-electron chi connectivity index (χ0n) is 13.5. The second-order valence-corrected chi connectivity index (χ2v) is 5.79. The number of esters is 2. The first kappa shape index (κ1) is 16.9. The quantitative estimate of drug-likeness (QED) is 0.747. The topological polar surface area (TPSA) is 80.3 Å². The fourth-order valence-electron chi connectivity index (χ4n) is 2.94. The monoisotopic (exact) mass is 336 g/mol. The Morgan fingerprint density at radius 3 is 2.38 bits per heavy atom. The third-order valence-electron chi connectivity index (χ3n) is 3.91. The molecule has 0 aromatic heterocycles. The van der Waals surface area contributed by atoms with Gasteiger partial charge in [0.2, 0.25) is 0 Å². The van der Waals surface area contributed by atoms with Gasteiger partial charge in [0.15, 0.2) is 18.5 Å². The molecule has 5 atom stereocenters. The van der Waals surface area contributed by atoms with Crippen LogP contribution in [-0.2, 0) is 39.9 Å². The normalized spacial score (nSPS) is 31.5. The first-order chi connectivity index (χ1) is 11.5. The molecule has 0 N–H and O–H groups in total. The highest BCUT2D eigenvalue weighted by Crippen LogP contribution is 2.34. The fourth-order valence-corrected chi connectivity index (χ4v) is 2.94. The molecule has 1 aromatic carbocycles. The van der Waals surface area contributed by atoms with Crippen LogP contribution in [0.5, 0.6) is 0 Å². The maximum atomic E-state index is 11.5. The van der Waals surface area contributed by atoms with E-state index in [1.165, 1.54) is 13.8 Å². The van der Waals surface area contributed by atoms with Crippen molar-refractivity contribution in [2.75, 3.05) is 6.61 Å². The van der Waals surface area contributed by atoms with Crippen molar-refractivity contribution in [3.8, 4) is 0 Å². The summed E-state index contributed by atoms with van der Waals surface area (Å²) in [7, 11) is 0. The summed E-state index contributed by atoms with van der Waals surface area (Å²) in [5, 5.41) is 0. The van der Waals surface area contributed by atoms with Crippen LogP contribution in [0.25, 0.3) is 0 Å². The van der Waals surface area contributed by atoms with E-state index in [4.69, 9.17) is 23.7 Å². The van der Waals surface area contributed by atoms with Crippen LogP contribution in [0.3, 0.4) is 0 Å². The average molecular weight is 336 g/mol. The molecular weight excluding hydrogens is 316 g/mol. The van der Waals surface area contributed by atoms with Gasteiger partial charge in [-0.15, -0.1) is 0 Å². The minimum absolute atomic E-state index is 0.256. The molecule has 0 amide bonds. The van der Waals surface area contributed by atoms with Gasteiger partial charge >= 0.3 is 11.9 Å². The molecule has 2 bridgehead atoms. The van der Waals surface area contributed by atoms with E-state index in [1.807, 2.05) is 30.3 Å². The molecule has 7 nitrogen and oxygen atoms in total. The Morgan fingerprint density at radius 2 is 1.71 bits per heavy atom. The van der Waals surface area contributed by atoms with E-state index in [1.54, 1.807) is 0 Å². The molecule has 130 valence electrons. The predicted molar refractivity (Wildman–Crippen MR) is 80.7 cm³/mol. The minimum Gasteiger partial charge on any atom is -0.457 e. The second kappa shape index (κ2) is 7.29. The molecule has 2 fully saturated rings. The van der Waals surface area contributed by atoms with E-state index in [0.29, 0.717) is 6.61 Å². The highest BCUT2D eigenvalue weighted by Gasteiger charge is 2.54. The first-order valence-corrected chi connectivity index (χ1v) is 7.81. The van der Waals surface area contributed by atoms with Gasteiger partial charge in [-0.25, -0.2) is 0 Å². The van der Waals surface area contributed by atoms with Crippen molar-refractivity contribution in [3.05, 3.63) is 35.9 Å². The van der Waals surface area contributed by atoms with Crippen LogP contribution in [0, 0.1) is 0 Å². The lowest BCUT2D eigenvalue weighted by molar-refractivity contribution is -0.255. The molecule has 0 aliphatic carbocycles. The van der Waals surface area contributed by atoms with Crippen LogP contribution in [-0.4, -0.2) is 49.3 Å². The van der Waals surface area contributed by atoms with E-state index < -0.39 is 42.6 Å². The van der Waals surface area contributed by atoms with E-state index in [9.17, 15) is 9.59 Å². The summed E-state index contributed by atoms with van der Waals surface area (Å²) >= 11 is 0. The van der Waals surface area contributed by atoms with E-state index in [-0.39, 0.29) is 6.61 Å². The molecule has 7 heteroatoms. The molecule has 0 radical (unpaired) electrons. The van der Waals surface area contributed by atoms with E-state index in [0.717, 1.165) is 5.56 Å². The van der Waals surface area contributed by atoms with Crippen molar-refractivity contribution in [3.63, 3.8) is 0 Å². The van der Waals surface area contributed by atoms with Gasteiger partial charge in [-0.1, -0.05) is 30.3 Å². The zero-order valence-corrected chi connectivity index (χ0v) is 13.5. The van der Waals surface area contributed by atoms with Gasteiger partial charge in [0.05, 0.1) is 13.2 Å². The summed E-state index contributed by atoms with van der Waals surface area (Å²) in [5.74, 6) is -0.934. The summed E-state index contributed by atoms with van der Waals surface area (Å²) in [6.45, 7) is 3.17. The van der Waals surface area contributed by atoms with Gasteiger partial charge in [-0.3, -0.25) is 9.59 Å². The average Bonchev–Trinajstić information content (AvgIpc) is 2.98. The second-order valence-electron chi connectivity index (χ2n) is 5.79. The summed E-state index contributed by atoms with van der Waals surface area (Å²) < 4.78 is 27.8. The number of carbonyl (C=O) groups is 2. The number of hydrogen-bond donors (Lipinski definition) is 0. The summed E-state index contributed by atoms with van der Waals surface area (Å²) in [5.41, 5.74) is 0.959. The number of hydrogen-bond acceptors (Lipinski definition) is 7. The van der Waals surface area contributed by atoms with Gasteiger partial charge in [-0.2, -0.15) is 0 Å². The molecule has 24 heavy (non-hydrogen) atoms. The molecule has 2 heterocycles. The third-order valence-corrected chi connectivity index (χ3v) is 3.91. The lowest BCUT2D eigenvalue weighted by atomic mass is 10.00. The Bertz CT molecular complexity index is 558. The van der Waals surface area contributed by atoms with Gasteiger partial charge in [0.1, 0.15) is 12.2 Å². The van der Waals surface area contributed by atoms with Crippen molar-refractivity contribution in [1.82, 2.24) is 0 Å². The minimum atomic E-state index is -0.797. The predicted octanol–water partition coefficient (Wildman–Crippen LogP) is 1.19. The van der Waals surface area contributed by atoms with E-state index in [2.05, 4.69) is 0 Å². The zero-order chi connectivity index (χ0) is 17.1. The molecular formula is C17H20O7. The van der Waals surface area contributed by atoms with Crippen molar-refractivity contribution >= 4 is 11.9 Å². The highest BCUT2D eigenvalue weighted by atomic mass is 16.8. The Morgan fingerprint density at radius 1 is 1.04 bits per heavy atom. The molecule has 2 saturated heterocycles. The highest BCUT2D eigenvalue weighted by molar-refractivity contribution is 5.67. The van der Waals surface area contributed by atoms with Crippen LogP contribution in [0.4, 0.5) is 0 Å². The SMILES string of the molecule is CC(=O)OC1C2CO[C@@H](O2)C(OC(C)=O)C1OCc1ccccc1. The fraction of sp³-hybridized carbons (Fsp3) is 0.529. The van der Waals surface area contributed by atoms with Gasteiger partial charge in [0, 0.05) is 13.8 Å². The number of carbonyl (C=O) groups excluding carboxylic acids is 2. The van der Waals surface area contributed by atoms with Gasteiger partial charge in [0.25, 0.3) is 0 Å². The van der Waals surface area contributed by atoms with Crippen LogP contribution in [0.2, 0.25) is 0 Å². The van der Waals surface area contributed by atoms with Crippen LogP contribution >= 0.6 is 0 Å². The van der Waals surface area contributed by atoms with Crippen molar-refractivity contribution in [2.45, 2.75) is 51.2 Å². The molecule has 0 saturated carbocycles. The van der Waals surface area contributed by atoms with Crippen molar-refractivity contribution in [1.29, 1.82) is 0 Å². The van der Waals surface area contributed by atoms with Gasteiger partial charge in [-0.05, 0) is 5.56 Å². The summed E-state index contributed by atoms with van der Waals surface area (Å²) in [4.78, 5) is 22.9. The number of fused-ring (bicyclic) bond motifs is 2. The Hall–Kier alpha value is -1.96. The largest absolute Gasteiger partial charge is 0.457 e. The Kier molecular flexibility index (Phi) is 5.13. The Balaban J connectivity index is 1.79. The van der Waals surface area contributed by atoms with E-state index >= 15 is 0 Å². The molecule has 2 aliphatic heterocycles. The maximum Gasteiger partial charge on any atom is 0.303 e. The molecule has 2 aliphatic rings. The van der Waals surface area contributed by atoms with Crippen LogP contribution in [0.15, 0.2) is 30.3 Å². The lowest BCUT2D eigenvalue weighted by Crippen LogP contribution is -2.57. The van der Waals surface area contributed by atoms with Crippen LogP contribution in [0.1, 0.15) is 19.4 Å². The lowest BCUT2D eigenvalue weighted by Gasteiger charge is -2.39. The number of rotatable bonds is 5. The van der Waals surface area contributed by atoms with Crippen molar-refractivity contribution in [2.24, 2.45) is 0 Å². The third kappa shape index (κ3) is 3.75. The molecule has 1 aromatic rings. The maximum absolute atomic E-state index is 11.5. The smallest absolute Gasteiger partial charge is 0.303 e. The van der Waals surface area contributed by atoms with Crippen LogP contribution < -0.4 is 0 Å².